The van der Waals surface area contributed by atoms with Crippen molar-refractivity contribution in [3.8, 4) is 11.8 Å². The van der Waals surface area contributed by atoms with Gasteiger partial charge in [0.2, 0.25) is 0 Å². The molecular weight excluding hydrogens is 680 g/mol. The van der Waals surface area contributed by atoms with Crippen LogP contribution >= 0.6 is 0 Å². The van der Waals surface area contributed by atoms with E-state index in [9.17, 15) is 19.5 Å². The molecule has 1 N–H and O–H groups in total. The van der Waals surface area contributed by atoms with Gasteiger partial charge in [0.15, 0.2) is 17.7 Å². The zero-order valence-corrected chi connectivity index (χ0v) is 32.9. The Morgan fingerprint density at radius 1 is 1.11 bits per heavy atom. The number of ether oxygens (including phenoxy) is 5. The predicted molar refractivity (Wildman–Crippen MR) is 197 cm³/mol. The summed E-state index contributed by atoms with van der Waals surface area (Å²) >= 11 is 0. The van der Waals surface area contributed by atoms with Crippen LogP contribution in [0.2, 0.25) is 0 Å². The van der Waals surface area contributed by atoms with Gasteiger partial charge in [0.05, 0.1) is 30.4 Å². The molecule has 13 heteroatoms. The first-order valence-corrected chi connectivity index (χ1v) is 19.0. The predicted octanol–water partition coefficient (Wildman–Crippen LogP) is 3.89. The second-order valence-electron chi connectivity index (χ2n) is 15.9. The average Bonchev–Trinajstić information content (AvgIpc) is 3.24. The number of nitrogens with zero attached hydrogens (tertiary/aromatic N) is 4. The summed E-state index contributed by atoms with van der Waals surface area (Å²) in [4.78, 5) is 54.6. The van der Waals surface area contributed by atoms with Gasteiger partial charge in [-0.05, 0) is 79.1 Å². The lowest BCUT2D eigenvalue weighted by molar-refractivity contribution is -0.296. The number of carbonyl (C=O) groups excluding carboxylic acids is 3. The molecule has 13 atom stereocenters. The van der Waals surface area contributed by atoms with Crippen molar-refractivity contribution in [3.63, 3.8) is 0 Å². The van der Waals surface area contributed by atoms with E-state index in [-0.39, 0.29) is 30.6 Å². The molecule has 3 saturated heterocycles. The highest BCUT2D eigenvalue weighted by atomic mass is 16.7. The summed E-state index contributed by atoms with van der Waals surface area (Å²) in [6, 6.07) is 2.91. The van der Waals surface area contributed by atoms with Crippen molar-refractivity contribution < 1.29 is 43.2 Å². The van der Waals surface area contributed by atoms with Crippen molar-refractivity contribution in [2.24, 2.45) is 28.7 Å². The molecule has 0 unspecified atom stereocenters. The molecule has 1 aromatic heterocycles. The summed E-state index contributed by atoms with van der Waals surface area (Å²) < 4.78 is 32.0. The maximum absolute atomic E-state index is 14.5. The zero-order chi connectivity index (χ0) is 38.8. The number of cyclic esters (lactones) is 1. The van der Waals surface area contributed by atoms with E-state index in [1.54, 1.807) is 30.3 Å². The number of hydrogen-bond donors (Lipinski definition) is 1. The smallest absolute Gasteiger partial charge is 0.410 e. The first-order chi connectivity index (χ1) is 25.0. The van der Waals surface area contributed by atoms with Gasteiger partial charge in [-0.15, -0.1) is 0 Å². The Balaban J connectivity index is 1.61. The van der Waals surface area contributed by atoms with Crippen LogP contribution in [0.1, 0.15) is 80.2 Å². The number of fused-ring (bicyclic) bond motifs is 1. The van der Waals surface area contributed by atoms with Crippen LogP contribution < -0.4 is 0 Å². The molecule has 5 heterocycles. The normalized spacial score (nSPS) is 39.6. The Labute approximate surface area is 314 Å². The largest absolute Gasteiger partial charge is 0.458 e. The number of aliphatic hydroxyl groups is 1. The molecule has 1 amide bonds. The summed E-state index contributed by atoms with van der Waals surface area (Å²) in [5.74, 6) is 2.42. The molecular formula is C40H58N4O9. The number of esters is 1. The van der Waals surface area contributed by atoms with Crippen molar-refractivity contribution in [2.45, 2.75) is 129 Å². The number of hydrogen-bond acceptors (Lipinski definition) is 12. The van der Waals surface area contributed by atoms with Gasteiger partial charge >= 0.3 is 12.1 Å². The molecule has 1 aromatic rings. The van der Waals surface area contributed by atoms with Crippen LogP contribution in [-0.4, -0.2) is 131 Å². The molecule has 5 rings (SSSR count). The maximum Gasteiger partial charge on any atom is 0.410 e. The lowest BCUT2D eigenvalue weighted by atomic mass is 9.73. The fraction of sp³-hybridized carbons (Fsp3) is 0.725. The van der Waals surface area contributed by atoms with Crippen LogP contribution in [0, 0.1) is 35.5 Å². The average molecular weight is 739 g/mol. The molecule has 53 heavy (non-hydrogen) atoms. The van der Waals surface area contributed by atoms with Gasteiger partial charge in [-0.1, -0.05) is 39.5 Å². The van der Waals surface area contributed by atoms with E-state index >= 15 is 0 Å². The van der Waals surface area contributed by atoms with E-state index in [1.807, 2.05) is 59.7 Å². The third-order valence-electron chi connectivity index (χ3n) is 11.7. The van der Waals surface area contributed by atoms with Crippen molar-refractivity contribution >= 4 is 23.6 Å². The Kier molecular flexibility index (Phi) is 12.7. The SMILES string of the molecule is CC[C@H]1OC(=O)[C@H](C)C(=O)[C@H](C)[C@@H](O[C@@H]2O[C@H](C)C[C@H](N(C)C)[C@H]2O)[C@@](C)(OCC#Cc2cccnc2)C[C@@H](C)C2=NCCN3C(=O)O[C@@]1(C)[C@H]3[C@H]2C. The lowest BCUT2D eigenvalue weighted by Gasteiger charge is -2.47. The highest BCUT2D eigenvalue weighted by Crippen LogP contribution is 2.44. The molecule has 0 aromatic carbocycles. The van der Waals surface area contributed by atoms with Crippen LogP contribution in [0.3, 0.4) is 0 Å². The number of rotatable bonds is 6. The first kappa shape index (κ1) is 40.8. The van der Waals surface area contributed by atoms with Crippen LogP contribution in [-0.2, 0) is 33.3 Å². The Morgan fingerprint density at radius 2 is 1.85 bits per heavy atom. The minimum absolute atomic E-state index is 0.0156. The number of aromatic nitrogens is 1. The minimum Gasteiger partial charge on any atom is -0.458 e. The van der Waals surface area contributed by atoms with Gasteiger partial charge in [0.1, 0.15) is 24.7 Å². The first-order valence-electron chi connectivity index (χ1n) is 19.0. The maximum atomic E-state index is 14.5. The van der Waals surface area contributed by atoms with E-state index < -0.39 is 71.5 Å². The molecule has 0 radical (unpaired) electrons. The molecule has 0 aliphatic carbocycles. The van der Waals surface area contributed by atoms with E-state index in [0.29, 0.717) is 32.4 Å². The minimum atomic E-state index is -1.23. The molecule has 0 saturated carbocycles. The van der Waals surface area contributed by atoms with E-state index in [2.05, 4.69) is 23.7 Å². The van der Waals surface area contributed by atoms with E-state index in [4.69, 9.17) is 28.7 Å². The second-order valence-corrected chi connectivity index (χ2v) is 15.9. The van der Waals surface area contributed by atoms with Gasteiger partial charge in [-0.2, -0.15) is 0 Å². The monoisotopic (exact) mass is 738 g/mol. The quantitative estimate of drug-likeness (QED) is 0.258. The van der Waals surface area contributed by atoms with Gasteiger partial charge < -0.3 is 33.7 Å². The Bertz CT molecular complexity index is 1580. The molecule has 4 aliphatic heterocycles. The molecule has 2 bridgehead atoms. The number of ketones is 1. The summed E-state index contributed by atoms with van der Waals surface area (Å²) in [6.07, 6.45) is -0.0477. The number of aliphatic hydroxyl groups excluding tert-OH is 1. The molecule has 0 spiro atoms. The lowest BCUT2D eigenvalue weighted by Crippen LogP contribution is -2.60. The summed E-state index contributed by atoms with van der Waals surface area (Å²) in [7, 11) is 3.79. The van der Waals surface area contributed by atoms with Crippen molar-refractivity contribution in [1.29, 1.82) is 0 Å². The van der Waals surface area contributed by atoms with Gasteiger partial charge in [0.25, 0.3) is 0 Å². The van der Waals surface area contributed by atoms with E-state index in [0.717, 1.165) is 11.3 Å². The molecule has 13 nitrogen and oxygen atoms in total. The number of pyridine rings is 1. The topological polar surface area (TPSA) is 149 Å². The molecule has 4 aliphatic rings. The van der Waals surface area contributed by atoms with Crippen LogP contribution in [0.25, 0.3) is 0 Å². The zero-order valence-electron chi connectivity index (χ0n) is 32.9. The van der Waals surface area contributed by atoms with Crippen molar-refractivity contribution in [3.05, 3.63) is 30.1 Å². The van der Waals surface area contributed by atoms with Gasteiger partial charge in [0, 0.05) is 48.1 Å². The third-order valence-corrected chi connectivity index (χ3v) is 11.7. The van der Waals surface area contributed by atoms with Crippen LogP contribution in [0.15, 0.2) is 29.5 Å². The highest BCUT2D eigenvalue weighted by Gasteiger charge is 2.60. The summed E-state index contributed by atoms with van der Waals surface area (Å²) in [5.41, 5.74) is -0.835. The van der Waals surface area contributed by atoms with Gasteiger partial charge in [-0.3, -0.25) is 24.5 Å². The number of amides is 1. The fourth-order valence-electron chi connectivity index (χ4n) is 9.02. The number of carbonyl (C=O) groups is 3. The van der Waals surface area contributed by atoms with E-state index in [1.165, 1.54) is 6.92 Å². The highest BCUT2D eigenvalue weighted by molar-refractivity contribution is 6.00. The summed E-state index contributed by atoms with van der Waals surface area (Å²) in [5, 5.41) is 11.6. The number of aliphatic imine (C=N–C) groups is 1. The third kappa shape index (κ3) is 8.32. The molecule has 3 fully saturated rings. The number of likely N-dealkylation sites (N-methyl/N-ethyl adjacent to an activating group) is 1. The molecule has 292 valence electrons. The second kappa shape index (κ2) is 16.5. The van der Waals surface area contributed by atoms with Gasteiger partial charge in [-0.25, -0.2) is 4.79 Å². The Hall–Kier alpha value is -3.41. The Morgan fingerprint density at radius 3 is 2.51 bits per heavy atom. The standard InChI is InChI=1S/C40H58N4O9/c1-11-30-40(8)34-25(4)31(42-17-18-44(34)38(48)53-40)23(2)21-39(7,49-19-13-15-28-14-12-16-41-22-28)35(26(5)32(45)27(6)36(47)51-30)52-37-33(46)29(43(9)10)20-24(3)50-37/h12,14,16,22-27,29-30,33-35,37,46H,11,17-21H2,1-10H3/t23-,24-,25+,26+,27-,29+,30-,33-,34-,35-,37+,39+,40-/m1/s1. The number of Topliss-reactive ketones (excluding diaryl/α,β-unsaturated/α-hetero) is 1. The van der Waals surface area contributed by atoms with Crippen molar-refractivity contribution in [2.75, 3.05) is 33.8 Å². The van der Waals surface area contributed by atoms with Crippen LogP contribution in [0.5, 0.6) is 0 Å². The van der Waals surface area contributed by atoms with Crippen molar-refractivity contribution in [1.82, 2.24) is 14.8 Å². The van der Waals surface area contributed by atoms with Crippen LogP contribution in [0.4, 0.5) is 4.79 Å². The summed E-state index contributed by atoms with van der Waals surface area (Å²) in [6.45, 7) is 15.5. The fourth-order valence-corrected chi connectivity index (χ4v) is 9.02.